The van der Waals surface area contributed by atoms with Crippen LogP contribution in [0.1, 0.15) is 21.5 Å². The summed E-state index contributed by atoms with van der Waals surface area (Å²) in [7, 11) is 3.07. The zero-order valence-corrected chi connectivity index (χ0v) is 11.8. The zero-order valence-electron chi connectivity index (χ0n) is 11.0. The van der Waals surface area contributed by atoms with Gasteiger partial charge in [0.15, 0.2) is 0 Å². The Bertz CT molecular complexity index is 558. The molecule has 0 spiro atoms. The van der Waals surface area contributed by atoms with Gasteiger partial charge in [-0.1, -0.05) is 0 Å². The molecule has 0 radical (unpaired) electrons. The molecule has 19 heavy (non-hydrogen) atoms. The van der Waals surface area contributed by atoms with Crippen molar-refractivity contribution in [1.82, 2.24) is 15.4 Å². The van der Waals surface area contributed by atoms with Crippen molar-refractivity contribution in [2.75, 3.05) is 14.2 Å². The molecule has 2 aromatic heterocycles. The summed E-state index contributed by atoms with van der Waals surface area (Å²) in [6, 6.07) is 3.79. The average molecular weight is 280 g/mol. The summed E-state index contributed by atoms with van der Waals surface area (Å²) in [4.78, 5) is 10.8. The van der Waals surface area contributed by atoms with E-state index in [1.165, 1.54) is 12.0 Å². The number of nitrogens with two attached hydrogens (primary N) is 1. The maximum Gasteiger partial charge on any atom is 0.240 e. The number of rotatable bonds is 5. The minimum atomic E-state index is -0.257. The summed E-state index contributed by atoms with van der Waals surface area (Å²) in [5.41, 5.74) is 3.38. The second-order valence-corrected chi connectivity index (χ2v) is 5.17. The minimum absolute atomic E-state index is 0.257. The van der Waals surface area contributed by atoms with E-state index >= 15 is 0 Å². The number of nitrogens with one attached hydrogen (secondary N) is 1. The normalized spacial score (nSPS) is 12.2. The van der Waals surface area contributed by atoms with E-state index in [0.717, 1.165) is 4.88 Å². The molecule has 0 saturated carbocycles. The molecule has 7 heteroatoms. The van der Waals surface area contributed by atoms with E-state index < -0.39 is 0 Å². The van der Waals surface area contributed by atoms with Crippen molar-refractivity contribution in [1.29, 1.82) is 0 Å². The van der Waals surface area contributed by atoms with Crippen LogP contribution in [-0.4, -0.2) is 24.2 Å². The van der Waals surface area contributed by atoms with Crippen molar-refractivity contribution in [3.63, 3.8) is 0 Å². The topological polar surface area (TPSA) is 82.3 Å². The zero-order chi connectivity index (χ0) is 13.8. The second kappa shape index (κ2) is 5.96. The van der Waals surface area contributed by atoms with Gasteiger partial charge in [0, 0.05) is 9.75 Å². The predicted octanol–water partition coefficient (Wildman–Crippen LogP) is 1.42. The molecule has 0 bridgehead atoms. The highest BCUT2D eigenvalue weighted by Crippen LogP contribution is 2.31. The second-order valence-electron chi connectivity index (χ2n) is 3.85. The van der Waals surface area contributed by atoms with E-state index in [1.54, 1.807) is 24.6 Å². The molecule has 0 aliphatic carbocycles. The molecule has 0 saturated heterocycles. The summed E-state index contributed by atoms with van der Waals surface area (Å²) >= 11 is 1.65. The lowest BCUT2D eigenvalue weighted by Crippen LogP contribution is -2.29. The van der Waals surface area contributed by atoms with E-state index in [4.69, 9.17) is 15.3 Å². The number of thiophene rings is 1. The van der Waals surface area contributed by atoms with Crippen LogP contribution in [-0.2, 0) is 0 Å². The molecular weight excluding hydrogens is 264 g/mol. The first kappa shape index (κ1) is 13.7. The van der Waals surface area contributed by atoms with Gasteiger partial charge in [-0.25, -0.2) is 10.4 Å². The molecule has 6 nitrogen and oxygen atoms in total. The molecule has 0 fully saturated rings. The molecule has 3 N–H and O–H groups in total. The highest BCUT2D eigenvalue weighted by Gasteiger charge is 2.21. The first-order valence-corrected chi connectivity index (χ1v) is 6.48. The summed E-state index contributed by atoms with van der Waals surface area (Å²) in [6.45, 7) is 2.04. The molecule has 0 aromatic carbocycles. The van der Waals surface area contributed by atoms with Crippen molar-refractivity contribution in [2.24, 2.45) is 5.84 Å². The number of aromatic nitrogens is 2. The standard InChI is InChI=1S/C12H16N4O2S/c1-7-4-5-8(19-7)10(16-13)11-12(18-3)15-9(17-2)6-14-11/h4-6,10,16H,13H2,1-3H3. The van der Waals surface area contributed by atoms with E-state index in [-0.39, 0.29) is 6.04 Å². The summed E-state index contributed by atoms with van der Waals surface area (Å²) in [6.07, 6.45) is 1.54. The van der Waals surface area contributed by atoms with E-state index in [2.05, 4.69) is 15.4 Å². The largest absolute Gasteiger partial charge is 0.480 e. The maximum atomic E-state index is 5.64. The SMILES string of the molecule is COc1cnc(C(NN)c2ccc(C)s2)c(OC)n1. The third-order valence-corrected chi connectivity index (χ3v) is 3.70. The predicted molar refractivity (Wildman–Crippen MR) is 73.4 cm³/mol. The quantitative estimate of drug-likeness (QED) is 0.636. The Kier molecular flexibility index (Phi) is 4.31. The number of hydrogen-bond donors (Lipinski definition) is 2. The van der Waals surface area contributed by atoms with Gasteiger partial charge >= 0.3 is 0 Å². The van der Waals surface area contributed by atoms with E-state index in [0.29, 0.717) is 17.5 Å². The highest BCUT2D eigenvalue weighted by atomic mass is 32.1. The van der Waals surface area contributed by atoms with Gasteiger partial charge < -0.3 is 9.47 Å². The molecule has 2 rings (SSSR count). The maximum absolute atomic E-state index is 5.64. The van der Waals surface area contributed by atoms with Gasteiger partial charge in [0.25, 0.3) is 0 Å². The molecule has 0 aliphatic heterocycles. The van der Waals surface area contributed by atoms with Crippen molar-refractivity contribution in [3.8, 4) is 11.8 Å². The average Bonchev–Trinajstić information content (AvgIpc) is 2.86. The molecule has 102 valence electrons. The number of aryl methyl sites for hydroxylation is 1. The van der Waals surface area contributed by atoms with Crippen LogP contribution in [0.15, 0.2) is 18.3 Å². The fourth-order valence-electron chi connectivity index (χ4n) is 1.72. The number of methoxy groups -OCH3 is 2. The van der Waals surface area contributed by atoms with Gasteiger partial charge in [0.1, 0.15) is 11.7 Å². The number of nitrogens with zero attached hydrogens (tertiary/aromatic N) is 2. The number of hydrazine groups is 1. The van der Waals surface area contributed by atoms with Gasteiger partial charge in [-0.3, -0.25) is 5.84 Å². The monoisotopic (exact) mass is 280 g/mol. The van der Waals surface area contributed by atoms with E-state index in [9.17, 15) is 0 Å². The van der Waals surface area contributed by atoms with Crippen LogP contribution in [0.4, 0.5) is 0 Å². The van der Waals surface area contributed by atoms with Gasteiger partial charge in [-0.2, -0.15) is 4.98 Å². The Morgan fingerprint density at radius 3 is 2.63 bits per heavy atom. The third kappa shape index (κ3) is 2.83. The fraction of sp³-hybridized carbons (Fsp3) is 0.333. The first-order chi connectivity index (χ1) is 9.19. The van der Waals surface area contributed by atoms with Crippen molar-refractivity contribution in [3.05, 3.63) is 33.8 Å². The smallest absolute Gasteiger partial charge is 0.240 e. The summed E-state index contributed by atoms with van der Waals surface area (Å²) < 4.78 is 10.3. The minimum Gasteiger partial charge on any atom is -0.480 e. The lowest BCUT2D eigenvalue weighted by Gasteiger charge is -2.16. The van der Waals surface area contributed by atoms with Crippen LogP contribution in [0.5, 0.6) is 11.8 Å². The Labute approximate surface area is 115 Å². The molecular formula is C12H16N4O2S. The van der Waals surface area contributed by atoms with Gasteiger partial charge in [-0.15, -0.1) is 11.3 Å². The summed E-state index contributed by atoms with van der Waals surface area (Å²) in [5.74, 6) is 6.44. The fourth-order valence-corrected chi connectivity index (χ4v) is 2.66. The van der Waals surface area contributed by atoms with Gasteiger partial charge in [-0.05, 0) is 19.1 Å². The number of ether oxygens (including phenoxy) is 2. The van der Waals surface area contributed by atoms with Crippen molar-refractivity contribution >= 4 is 11.3 Å². The lowest BCUT2D eigenvalue weighted by atomic mass is 10.2. The van der Waals surface area contributed by atoms with Gasteiger partial charge in [0.05, 0.1) is 20.4 Å². The Morgan fingerprint density at radius 2 is 2.11 bits per heavy atom. The van der Waals surface area contributed by atoms with Crippen LogP contribution in [0.25, 0.3) is 0 Å². The first-order valence-electron chi connectivity index (χ1n) is 5.67. The number of hydrogen-bond acceptors (Lipinski definition) is 7. The molecule has 1 unspecified atom stereocenters. The van der Waals surface area contributed by atoms with Crippen molar-refractivity contribution < 1.29 is 9.47 Å². The van der Waals surface area contributed by atoms with Crippen LogP contribution < -0.4 is 20.7 Å². The lowest BCUT2D eigenvalue weighted by molar-refractivity contribution is 0.353. The molecule has 0 aliphatic rings. The molecule has 1 atom stereocenters. The van der Waals surface area contributed by atoms with Crippen LogP contribution in [0.3, 0.4) is 0 Å². The molecule has 2 heterocycles. The van der Waals surface area contributed by atoms with Crippen LogP contribution >= 0.6 is 11.3 Å². The van der Waals surface area contributed by atoms with Crippen molar-refractivity contribution in [2.45, 2.75) is 13.0 Å². The van der Waals surface area contributed by atoms with Crippen LogP contribution in [0, 0.1) is 6.92 Å². The summed E-state index contributed by atoms with van der Waals surface area (Å²) in [5, 5.41) is 0. The highest BCUT2D eigenvalue weighted by molar-refractivity contribution is 7.12. The Morgan fingerprint density at radius 1 is 1.32 bits per heavy atom. The van der Waals surface area contributed by atoms with Gasteiger partial charge in [0.2, 0.25) is 11.8 Å². The molecule has 2 aromatic rings. The Hall–Kier alpha value is -1.70. The molecule has 0 amide bonds. The Balaban J connectivity index is 2.43. The third-order valence-electron chi connectivity index (χ3n) is 2.63. The van der Waals surface area contributed by atoms with E-state index in [1.807, 2.05) is 19.1 Å². The van der Waals surface area contributed by atoms with Crippen LogP contribution in [0.2, 0.25) is 0 Å².